The van der Waals surface area contributed by atoms with Crippen molar-refractivity contribution in [1.29, 1.82) is 0 Å². The summed E-state index contributed by atoms with van der Waals surface area (Å²) in [5.41, 5.74) is 7.90. The van der Waals surface area contributed by atoms with Gasteiger partial charge >= 0.3 is 0 Å². The quantitative estimate of drug-likeness (QED) is 0.760. The second kappa shape index (κ2) is 6.99. The van der Waals surface area contributed by atoms with Gasteiger partial charge in [-0.15, -0.1) is 0 Å². The van der Waals surface area contributed by atoms with Gasteiger partial charge in [-0.3, -0.25) is 0 Å². The van der Waals surface area contributed by atoms with Gasteiger partial charge in [0, 0.05) is 13.0 Å². The summed E-state index contributed by atoms with van der Waals surface area (Å²) in [5.74, 6) is 2.21. The molecule has 0 amide bonds. The molecule has 3 N–H and O–H groups in total. The Morgan fingerprint density at radius 3 is 2.59 bits per heavy atom. The molecule has 1 atom stereocenters. The lowest BCUT2D eigenvalue weighted by Gasteiger charge is -2.12. The molecule has 4 heteroatoms. The average molecular weight is 312 g/mol. The first kappa shape index (κ1) is 15.1. The number of fused-ring (bicyclic) bond motifs is 1. The van der Waals surface area contributed by atoms with E-state index < -0.39 is 0 Å². The molecule has 3 rings (SSSR count). The summed E-state index contributed by atoms with van der Waals surface area (Å²) in [5, 5.41) is 0. The zero-order valence-corrected chi connectivity index (χ0v) is 13.7. The highest BCUT2D eigenvalue weighted by Crippen LogP contribution is 2.22. The van der Waals surface area contributed by atoms with Gasteiger partial charge in [-0.1, -0.05) is 42.5 Å². The van der Waals surface area contributed by atoms with Crippen molar-refractivity contribution in [2.24, 2.45) is 0 Å². The van der Waals surface area contributed by atoms with Crippen LogP contribution in [0.15, 0.2) is 54.6 Å². The number of quaternary nitrogens is 1. The molecule has 2 aromatic carbocycles. The topological polar surface area (TPSA) is 45.5 Å². The van der Waals surface area contributed by atoms with E-state index in [-0.39, 0.29) is 6.04 Å². The van der Waals surface area contributed by atoms with E-state index in [4.69, 9.17) is 4.98 Å². The lowest BCUT2D eigenvalue weighted by Crippen LogP contribution is -2.54. The zero-order valence-electron chi connectivity index (χ0n) is 12.9. The molecule has 0 saturated heterocycles. The number of rotatable bonds is 6. The standard InChI is InChI=1S/C18H21N3S/c1-22-12-11-15(19)18-20-16-9-5-6-10-17(16)21(18)13-14-7-3-2-4-8-14/h2-10,15H,11-13,19H2,1H3/p+1/t15-/m0/s1. The van der Waals surface area contributed by atoms with E-state index in [9.17, 15) is 0 Å². The number of imidazole rings is 1. The van der Waals surface area contributed by atoms with Gasteiger partial charge in [-0.05, 0) is 29.7 Å². The van der Waals surface area contributed by atoms with Gasteiger partial charge in [0.15, 0.2) is 5.82 Å². The Kier molecular flexibility index (Phi) is 4.80. The number of para-hydroxylation sites is 2. The fourth-order valence-corrected chi connectivity index (χ4v) is 3.25. The van der Waals surface area contributed by atoms with Gasteiger partial charge in [0.25, 0.3) is 0 Å². The summed E-state index contributed by atoms with van der Waals surface area (Å²) in [7, 11) is 0. The minimum Gasteiger partial charge on any atom is -0.349 e. The fourth-order valence-electron chi connectivity index (χ4n) is 2.73. The van der Waals surface area contributed by atoms with Gasteiger partial charge in [0.1, 0.15) is 6.04 Å². The highest BCUT2D eigenvalue weighted by atomic mass is 32.2. The molecule has 0 saturated carbocycles. The molecular weight excluding hydrogens is 290 g/mol. The molecule has 0 spiro atoms. The van der Waals surface area contributed by atoms with Crippen molar-refractivity contribution in [2.45, 2.75) is 19.0 Å². The van der Waals surface area contributed by atoms with Crippen LogP contribution in [0.1, 0.15) is 23.9 Å². The van der Waals surface area contributed by atoms with Crippen molar-refractivity contribution in [1.82, 2.24) is 9.55 Å². The second-order valence-corrected chi connectivity index (χ2v) is 6.49. The summed E-state index contributed by atoms with van der Waals surface area (Å²) in [6.45, 7) is 0.849. The minimum atomic E-state index is 0.226. The molecule has 3 nitrogen and oxygen atoms in total. The fraction of sp³-hybridized carbons (Fsp3) is 0.278. The molecule has 1 aromatic heterocycles. The molecule has 1 heterocycles. The van der Waals surface area contributed by atoms with E-state index in [0.717, 1.165) is 30.1 Å². The lowest BCUT2D eigenvalue weighted by molar-refractivity contribution is -0.429. The summed E-state index contributed by atoms with van der Waals surface area (Å²) >= 11 is 1.86. The predicted octanol–water partition coefficient (Wildman–Crippen LogP) is 3.12. The number of hydrogen-bond donors (Lipinski definition) is 1. The average Bonchev–Trinajstić information content (AvgIpc) is 2.92. The molecule has 0 aliphatic rings. The lowest BCUT2D eigenvalue weighted by atomic mass is 10.2. The number of benzene rings is 2. The predicted molar refractivity (Wildman–Crippen MR) is 93.9 cm³/mol. The van der Waals surface area contributed by atoms with Gasteiger partial charge in [0.05, 0.1) is 11.0 Å². The van der Waals surface area contributed by atoms with Crippen LogP contribution in [-0.2, 0) is 6.54 Å². The third-order valence-electron chi connectivity index (χ3n) is 3.90. The molecule has 3 aromatic rings. The Morgan fingerprint density at radius 1 is 1.09 bits per heavy atom. The second-order valence-electron chi connectivity index (χ2n) is 5.51. The van der Waals surface area contributed by atoms with Crippen LogP contribution in [-0.4, -0.2) is 21.6 Å². The van der Waals surface area contributed by atoms with Gasteiger partial charge in [-0.25, -0.2) is 4.98 Å². The molecule has 0 bridgehead atoms. The molecule has 0 unspecified atom stereocenters. The summed E-state index contributed by atoms with van der Waals surface area (Å²) in [6.07, 6.45) is 3.19. The largest absolute Gasteiger partial charge is 0.349 e. The molecule has 0 aliphatic heterocycles. The van der Waals surface area contributed by atoms with Crippen molar-refractivity contribution in [3.63, 3.8) is 0 Å². The van der Waals surface area contributed by atoms with Crippen LogP contribution in [0, 0.1) is 0 Å². The zero-order chi connectivity index (χ0) is 15.4. The highest BCUT2D eigenvalue weighted by Gasteiger charge is 2.19. The van der Waals surface area contributed by atoms with E-state index in [1.807, 2.05) is 17.8 Å². The first-order valence-corrected chi connectivity index (χ1v) is 9.00. The van der Waals surface area contributed by atoms with Crippen molar-refractivity contribution >= 4 is 22.8 Å². The monoisotopic (exact) mass is 312 g/mol. The first-order valence-electron chi connectivity index (χ1n) is 7.60. The van der Waals surface area contributed by atoms with E-state index in [2.05, 4.69) is 65.1 Å². The molecule has 0 radical (unpaired) electrons. The molecule has 0 aliphatic carbocycles. The Morgan fingerprint density at radius 2 is 1.82 bits per heavy atom. The van der Waals surface area contributed by atoms with Crippen LogP contribution in [0.25, 0.3) is 11.0 Å². The molecule has 22 heavy (non-hydrogen) atoms. The van der Waals surface area contributed by atoms with E-state index in [0.29, 0.717) is 0 Å². The number of nitrogens with zero attached hydrogens (tertiary/aromatic N) is 2. The van der Waals surface area contributed by atoms with Crippen molar-refractivity contribution in [2.75, 3.05) is 12.0 Å². The van der Waals surface area contributed by atoms with Crippen LogP contribution in [0.4, 0.5) is 0 Å². The maximum absolute atomic E-state index is 4.85. The summed E-state index contributed by atoms with van der Waals surface area (Å²) < 4.78 is 2.32. The van der Waals surface area contributed by atoms with E-state index >= 15 is 0 Å². The van der Waals surface area contributed by atoms with Crippen LogP contribution in [0.3, 0.4) is 0 Å². The van der Waals surface area contributed by atoms with Crippen LogP contribution >= 0.6 is 11.8 Å². The summed E-state index contributed by atoms with van der Waals surface area (Å²) in [4.78, 5) is 4.85. The van der Waals surface area contributed by atoms with Gasteiger partial charge in [-0.2, -0.15) is 11.8 Å². The minimum absolute atomic E-state index is 0.226. The summed E-state index contributed by atoms with van der Waals surface area (Å²) in [6, 6.07) is 19.1. The number of hydrogen-bond acceptors (Lipinski definition) is 2. The van der Waals surface area contributed by atoms with E-state index in [1.54, 1.807) is 0 Å². The van der Waals surface area contributed by atoms with Crippen molar-refractivity contribution < 1.29 is 5.73 Å². The number of thioether (sulfide) groups is 1. The van der Waals surface area contributed by atoms with Gasteiger partial charge < -0.3 is 10.3 Å². The normalized spacial score (nSPS) is 12.6. The molecule has 0 fully saturated rings. The third kappa shape index (κ3) is 3.18. The van der Waals surface area contributed by atoms with Crippen molar-refractivity contribution in [3.8, 4) is 0 Å². The van der Waals surface area contributed by atoms with Crippen LogP contribution in [0.2, 0.25) is 0 Å². The third-order valence-corrected chi connectivity index (χ3v) is 4.55. The van der Waals surface area contributed by atoms with Crippen LogP contribution < -0.4 is 5.73 Å². The first-order chi connectivity index (χ1) is 10.8. The van der Waals surface area contributed by atoms with Crippen molar-refractivity contribution in [3.05, 3.63) is 66.0 Å². The highest BCUT2D eigenvalue weighted by molar-refractivity contribution is 7.98. The smallest absolute Gasteiger partial charge is 0.168 e. The van der Waals surface area contributed by atoms with Crippen LogP contribution in [0.5, 0.6) is 0 Å². The van der Waals surface area contributed by atoms with Gasteiger partial charge in [0.2, 0.25) is 0 Å². The number of aromatic nitrogens is 2. The molecule has 114 valence electrons. The maximum Gasteiger partial charge on any atom is 0.168 e. The molecular formula is C18H22N3S+. The SMILES string of the molecule is CSCC[C@H]([NH3+])c1nc2ccccc2n1Cc1ccccc1. The Balaban J connectivity index is 2.01. The van der Waals surface area contributed by atoms with E-state index in [1.165, 1.54) is 11.1 Å². The Hall–Kier alpha value is -1.78. The maximum atomic E-state index is 4.85. The Labute approximate surface area is 135 Å². The Bertz CT molecular complexity index is 736.